The van der Waals surface area contributed by atoms with E-state index in [1.807, 2.05) is 0 Å². The Morgan fingerprint density at radius 2 is 1.96 bits per heavy atom. The zero-order valence-electron chi connectivity index (χ0n) is 14.5. The lowest BCUT2D eigenvalue weighted by Crippen LogP contribution is -2.33. The largest absolute Gasteiger partial charge is 0.503 e. The Bertz CT molecular complexity index is 826. The number of Topliss-reactive ketones (excluding diaryl/α,β-unsaturated/α-hetero) is 1. The van der Waals surface area contributed by atoms with Gasteiger partial charge in [-0.15, -0.1) is 11.3 Å². The Kier molecular flexibility index (Phi) is 5.39. The molecule has 3 rings (SSSR count). The van der Waals surface area contributed by atoms with Gasteiger partial charge in [0.15, 0.2) is 5.76 Å². The number of ether oxygens (including phenoxy) is 2. The van der Waals surface area contributed by atoms with Crippen LogP contribution in [0, 0.1) is 0 Å². The van der Waals surface area contributed by atoms with Gasteiger partial charge in [0.25, 0.3) is 5.91 Å². The topological polar surface area (TPSA) is 76.1 Å². The van der Waals surface area contributed by atoms with Gasteiger partial charge in [-0.1, -0.05) is 18.2 Å². The smallest absolute Gasteiger partial charge is 0.290 e. The SMILES string of the molecule is COCCN1C(=O)C(O)=C(C(=O)c2cccs2)C1c1ccc(OC)cc1. The van der Waals surface area contributed by atoms with Crippen molar-refractivity contribution in [3.63, 3.8) is 0 Å². The maximum absolute atomic E-state index is 12.9. The standard InChI is InChI=1S/C19H19NO5S/c1-24-10-9-20-16(12-5-7-13(25-2)8-6-12)15(18(22)19(20)23)17(21)14-4-3-11-26-14/h3-8,11,16,22H,9-10H2,1-2H3. The summed E-state index contributed by atoms with van der Waals surface area (Å²) < 4.78 is 10.3. The molecular formula is C19H19NO5S. The van der Waals surface area contributed by atoms with Crippen molar-refractivity contribution in [3.8, 4) is 5.75 Å². The summed E-state index contributed by atoms with van der Waals surface area (Å²) in [5.41, 5.74) is 0.818. The zero-order chi connectivity index (χ0) is 18.7. The second kappa shape index (κ2) is 7.72. The molecule has 2 heterocycles. The van der Waals surface area contributed by atoms with E-state index in [4.69, 9.17) is 9.47 Å². The minimum Gasteiger partial charge on any atom is -0.503 e. The predicted molar refractivity (Wildman–Crippen MR) is 97.6 cm³/mol. The number of nitrogens with zero attached hydrogens (tertiary/aromatic N) is 1. The Morgan fingerprint density at radius 1 is 1.23 bits per heavy atom. The molecule has 0 spiro atoms. The molecule has 7 heteroatoms. The van der Waals surface area contributed by atoms with E-state index in [0.29, 0.717) is 17.2 Å². The normalized spacial score (nSPS) is 17.1. The van der Waals surface area contributed by atoms with E-state index >= 15 is 0 Å². The highest BCUT2D eigenvalue weighted by Crippen LogP contribution is 2.39. The number of aliphatic hydroxyl groups excluding tert-OH is 1. The van der Waals surface area contributed by atoms with Crippen LogP contribution in [0.2, 0.25) is 0 Å². The van der Waals surface area contributed by atoms with E-state index in [1.165, 1.54) is 23.3 Å². The molecule has 0 aliphatic carbocycles. The molecule has 6 nitrogen and oxygen atoms in total. The van der Waals surface area contributed by atoms with Crippen LogP contribution in [0.3, 0.4) is 0 Å². The number of rotatable bonds is 7. The third kappa shape index (κ3) is 3.23. The highest BCUT2D eigenvalue weighted by Gasteiger charge is 2.43. The van der Waals surface area contributed by atoms with Crippen molar-refractivity contribution in [1.29, 1.82) is 0 Å². The summed E-state index contributed by atoms with van der Waals surface area (Å²) in [6, 6.07) is 9.87. The van der Waals surface area contributed by atoms with E-state index in [2.05, 4.69) is 0 Å². The average Bonchev–Trinajstić information content (AvgIpc) is 3.28. The van der Waals surface area contributed by atoms with Gasteiger partial charge in [-0.2, -0.15) is 0 Å². The van der Waals surface area contributed by atoms with Gasteiger partial charge >= 0.3 is 0 Å². The maximum atomic E-state index is 12.9. The zero-order valence-corrected chi connectivity index (χ0v) is 15.3. The van der Waals surface area contributed by atoms with Crippen LogP contribution in [-0.4, -0.2) is 49.1 Å². The van der Waals surface area contributed by atoms with Crippen molar-refractivity contribution in [3.05, 3.63) is 63.6 Å². The lowest BCUT2D eigenvalue weighted by molar-refractivity contribution is -0.130. The summed E-state index contributed by atoms with van der Waals surface area (Å²) in [4.78, 5) is 27.5. The molecule has 1 aliphatic rings. The molecular weight excluding hydrogens is 354 g/mol. The Hall–Kier alpha value is -2.64. The number of carbonyl (C=O) groups excluding carboxylic acids is 2. The maximum Gasteiger partial charge on any atom is 0.290 e. The van der Waals surface area contributed by atoms with E-state index in [-0.39, 0.29) is 17.9 Å². The van der Waals surface area contributed by atoms with E-state index < -0.39 is 17.7 Å². The number of aliphatic hydroxyl groups is 1. The Labute approximate surface area is 155 Å². The summed E-state index contributed by atoms with van der Waals surface area (Å²) >= 11 is 1.27. The van der Waals surface area contributed by atoms with Gasteiger partial charge in [0.05, 0.1) is 30.2 Å². The molecule has 2 aromatic rings. The lowest BCUT2D eigenvalue weighted by atomic mass is 9.95. The molecule has 1 amide bonds. The number of hydrogen-bond acceptors (Lipinski definition) is 6. The molecule has 0 saturated heterocycles. The number of amides is 1. The van der Waals surface area contributed by atoms with Crippen LogP contribution in [0.5, 0.6) is 5.75 Å². The molecule has 1 aromatic carbocycles. The summed E-state index contributed by atoms with van der Waals surface area (Å²) in [6.45, 7) is 0.559. The summed E-state index contributed by atoms with van der Waals surface area (Å²) in [5.74, 6) is -0.740. The minimum absolute atomic E-state index is 0.0960. The Morgan fingerprint density at radius 3 is 2.54 bits per heavy atom. The van der Waals surface area contributed by atoms with Gasteiger partial charge in [0.1, 0.15) is 5.75 Å². The molecule has 0 bridgehead atoms. The van der Waals surface area contributed by atoms with E-state index in [9.17, 15) is 14.7 Å². The second-order valence-electron chi connectivity index (χ2n) is 5.74. The number of carbonyl (C=O) groups is 2. The molecule has 1 aromatic heterocycles. The van der Waals surface area contributed by atoms with Crippen molar-refractivity contribution in [2.24, 2.45) is 0 Å². The van der Waals surface area contributed by atoms with Crippen molar-refractivity contribution >= 4 is 23.0 Å². The van der Waals surface area contributed by atoms with Crippen LogP contribution in [0.4, 0.5) is 0 Å². The summed E-state index contributed by atoms with van der Waals surface area (Å²) in [7, 11) is 3.10. The molecule has 0 fully saturated rings. The summed E-state index contributed by atoms with van der Waals surface area (Å²) in [6.07, 6.45) is 0. The van der Waals surface area contributed by atoms with Gasteiger partial charge in [0.2, 0.25) is 5.78 Å². The molecule has 1 atom stereocenters. The fraction of sp³-hybridized carbons (Fsp3) is 0.263. The van der Waals surface area contributed by atoms with Crippen molar-refractivity contribution in [1.82, 2.24) is 4.90 Å². The first kappa shape index (κ1) is 18.2. The quantitative estimate of drug-likeness (QED) is 0.755. The van der Waals surface area contributed by atoms with Gasteiger partial charge in [-0.3, -0.25) is 9.59 Å². The highest BCUT2D eigenvalue weighted by atomic mass is 32.1. The van der Waals surface area contributed by atoms with Crippen LogP contribution in [0.1, 0.15) is 21.3 Å². The van der Waals surface area contributed by atoms with E-state index in [1.54, 1.807) is 48.9 Å². The van der Waals surface area contributed by atoms with Crippen molar-refractivity contribution in [2.75, 3.05) is 27.4 Å². The number of methoxy groups -OCH3 is 2. The summed E-state index contributed by atoms with van der Waals surface area (Å²) in [5, 5.41) is 12.2. The molecule has 0 radical (unpaired) electrons. The van der Waals surface area contributed by atoms with Crippen molar-refractivity contribution < 1.29 is 24.2 Å². The van der Waals surface area contributed by atoms with Crippen LogP contribution < -0.4 is 4.74 Å². The average molecular weight is 373 g/mol. The number of hydrogen-bond donors (Lipinski definition) is 1. The molecule has 1 unspecified atom stereocenters. The third-order valence-corrected chi connectivity index (χ3v) is 5.13. The van der Waals surface area contributed by atoms with Crippen LogP contribution in [0.15, 0.2) is 53.1 Å². The van der Waals surface area contributed by atoms with Crippen LogP contribution in [-0.2, 0) is 9.53 Å². The Balaban J connectivity index is 2.05. The first-order valence-corrected chi connectivity index (χ1v) is 8.91. The number of thiophene rings is 1. The van der Waals surface area contributed by atoms with Crippen molar-refractivity contribution in [2.45, 2.75) is 6.04 Å². The minimum atomic E-state index is -0.668. The van der Waals surface area contributed by atoms with Gasteiger partial charge < -0.3 is 19.5 Å². The van der Waals surface area contributed by atoms with E-state index in [0.717, 1.165) is 5.56 Å². The molecule has 0 saturated carbocycles. The molecule has 136 valence electrons. The van der Waals surface area contributed by atoms with Gasteiger partial charge in [0, 0.05) is 13.7 Å². The fourth-order valence-corrected chi connectivity index (χ4v) is 3.66. The molecule has 1 N–H and O–H groups in total. The number of benzene rings is 1. The molecule has 1 aliphatic heterocycles. The first-order chi connectivity index (χ1) is 12.6. The van der Waals surface area contributed by atoms with Crippen LogP contribution in [0.25, 0.3) is 0 Å². The van der Waals surface area contributed by atoms with Gasteiger partial charge in [-0.25, -0.2) is 0 Å². The van der Waals surface area contributed by atoms with Crippen LogP contribution >= 0.6 is 11.3 Å². The van der Waals surface area contributed by atoms with Gasteiger partial charge in [-0.05, 0) is 29.1 Å². The lowest BCUT2D eigenvalue weighted by Gasteiger charge is -2.26. The second-order valence-corrected chi connectivity index (χ2v) is 6.68. The monoisotopic (exact) mass is 373 g/mol. The third-order valence-electron chi connectivity index (χ3n) is 4.26. The predicted octanol–water partition coefficient (Wildman–Crippen LogP) is 2.98. The number of ketones is 1. The first-order valence-electron chi connectivity index (χ1n) is 8.03. The fourth-order valence-electron chi connectivity index (χ4n) is 2.98. The molecule has 26 heavy (non-hydrogen) atoms. The highest BCUT2D eigenvalue weighted by molar-refractivity contribution is 7.12.